The summed E-state index contributed by atoms with van der Waals surface area (Å²) in [5.74, 6) is -0.675. The van der Waals surface area contributed by atoms with Gasteiger partial charge in [-0.25, -0.2) is 4.39 Å². The topological polar surface area (TPSA) is 29.1 Å². The summed E-state index contributed by atoms with van der Waals surface area (Å²) in [6, 6.07) is 11.0. The average Bonchev–Trinajstić information content (AvgIpc) is 2.27. The maximum absolute atomic E-state index is 13.0. The van der Waals surface area contributed by atoms with Crippen LogP contribution in [0.2, 0.25) is 0 Å². The van der Waals surface area contributed by atoms with Crippen molar-refractivity contribution in [1.29, 1.82) is 0 Å². The molecule has 2 nitrogen and oxygen atoms in total. The standard InChI is InChI=1S/C13H8Br2FNO/c14-9-4-8(5-10(15)6-9)13(18)17-12-3-1-2-11(16)7-12/h1-7H,(H,17,18). The Morgan fingerprint density at radius 1 is 1.06 bits per heavy atom. The van der Waals surface area contributed by atoms with Crippen LogP contribution in [-0.2, 0) is 0 Å². The van der Waals surface area contributed by atoms with E-state index in [1.54, 1.807) is 24.3 Å². The number of hydrogen-bond donors (Lipinski definition) is 1. The Bertz CT molecular complexity index is 581. The summed E-state index contributed by atoms with van der Waals surface area (Å²) >= 11 is 6.62. The lowest BCUT2D eigenvalue weighted by atomic mass is 10.2. The van der Waals surface area contributed by atoms with Gasteiger partial charge < -0.3 is 5.32 Å². The molecule has 0 saturated carbocycles. The number of nitrogens with one attached hydrogen (secondary N) is 1. The normalized spacial score (nSPS) is 10.2. The zero-order chi connectivity index (χ0) is 13.1. The van der Waals surface area contributed by atoms with Crippen LogP contribution in [0.15, 0.2) is 51.4 Å². The Labute approximate surface area is 120 Å². The molecule has 2 rings (SSSR count). The number of carbonyl (C=O) groups is 1. The number of hydrogen-bond acceptors (Lipinski definition) is 1. The van der Waals surface area contributed by atoms with Crippen molar-refractivity contribution in [3.8, 4) is 0 Å². The molecular weight excluding hydrogens is 365 g/mol. The molecule has 0 unspecified atom stereocenters. The Morgan fingerprint density at radius 2 is 1.72 bits per heavy atom. The van der Waals surface area contributed by atoms with Gasteiger partial charge in [0.1, 0.15) is 5.82 Å². The lowest BCUT2D eigenvalue weighted by Gasteiger charge is -2.06. The second kappa shape index (κ2) is 5.63. The van der Waals surface area contributed by atoms with E-state index in [-0.39, 0.29) is 11.7 Å². The molecule has 92 valence electrons. The highest BCUT2D eigenvalue weighted by Gasteiger charge is 2.08. The minimum absolute atomic E-state index is 0.289. The fourth-order valence-electron chi connectivity index (χ4n) is 1.45. The molecule has 0 atom stereocenters. The predicted molar refractivity (Wildman–Crippen MR) is 76.2 cm³/mol. The molecule has 0 fully saturated rings. The quantitative estimate of drug-likeness (QED) is 0.819. The van der Waals surface area contributed by atoms with Crippen LogP contribution in [0.1, 0.15) is 10.4 Å². The van der Waals surface area contributed by atoms with Gasteiger partial charge in [0.05, 0.1) is 0 Å². The molecule has 0 saturated heterocycles. The molecule has 0 spiro atoms. The van der Waals surface area contributed by atoms with Gasteiger partial charge in [-0.15, -0.1) is 0 Å². The average molecular weight is 373 g/mol. The van der Waals surface area contributed by atoms with Crippen molar-refractivity contribution in [2.75, 3.05) is 5.32 Å². The number of anilines is 1. The van der Waals surface area contributed by atoms with Gasteiger partial charge in [0.25, 0.3) is 5.91 Å². The molecule has 0 bridgehead atoms. The summed E-state index contributed by atoms with van der Waals surface area (Å²) in [5, 5.41) is 2.63. The number of amides is 1. The van der Waals surface area contributed by atoms with E-state index in [1.807, 2.05) is 6.07 Å². The van der Waals surface area contributed by atoms with Crippen molar-refractivity contribution in [3.05, 3.63) is 62.8 Å². The Hall–Kier alpha value is -1.20. The largest absolute Gasteiger partial charge is 0.322 e. The Morgan fingerprint density at radius 3 is 2.33 bits per heavy atom. The summed E-state index contributed by atoms with van der Waals surface area (Å²) in [6.07, 6.45) is 0. The maximum Gasteiger partial charge on any atom is 0.255 e. The van der Waals surface area contributed by atoms with Crippen LogP contribution >= 0.6 is 31.9 Å². The predicted octanol–water partition coefficient (Wildman–Crippen LogP) is 4.60. The van der Waals surface area contributed by atoms with Crippen LogP contribution in [-0.4, -0.2) is 5.91 Å². The van der Waals surface area contributed by atoms with E-state index in [4.69, 9.17) is 0 Å². The molecule has 1 N–H and O–H groups in total. The van der Waals surface area contributed by atoms with Crippen LogP contribution in [0.5, 0.6) is 0 Å². The summed E-state index contributed by atoms with van der Waals surface area (Å²) < 4.78 is 14.6. The van der Waals surface area contributed by atoms with E-state index in [0.29, 0.717) is 11.3 Å². The number of carbonyl (C=O) groups excluding carboxylic acids is 1. The monoisotopic (exact) mass is 371 g/mol. The molecule has 0 aromatic heterocycles. The van der Waals surface area contributed by atoms with E-state index in [1.165, 1.54) is 12.1 Å². The lowest BCUT2D eigenvalue weighted by Crippen LogP contribution is -2.12. The first-order valence-electron chi connectivity index (χ1n) is 5.07. The second-order valence-electron chi connectivity index (χ2n) is 3.62. The third-order valence-electron chi connectivity index (χ3n) is 2.21. The molecule has 18 heavy (non-hydrogen) atoms. The van der Waals surface area contributed by atoms with Gasteiger partial charge in [0, 0.05) is 20.2 Å². The fraction of sp³-hybridized carbons (Fsp3) is 0. The van der Waals surface area contributed by atoms with Gasteiger partial charge in [0.2, 0.25) is 0 Å². The number of halogens is 3. The van der Waals surface area contributed by atoms with Crippen LogP contribution in [0.25, 0.3) is 0 Å². The molecule has 0 aliphatic heterocycles. The molecule has 0 aliphatic carbocycles. The van der Waals surface area contributed by atoms with Crippen molar-refractivity contribution >= 4 is 43.5 Å². The fourth-order valence-corrected chi connectivity index (χ4v) is 2.75. The summed E-state index contributed by atoms with van der Waals surface area (Å²) in [5.41, 5.74) is 0.914. The summed E-state index contributed by atoms with van der Waals surface area (Å²) in [7, 11) is 0. The zero-order valence-electron chi connectivity index (χ0n) is 9.08. The number of benzene rings is 2. The first-order chi connectivity index (χ1) is 8.54. The molecular formula is C13H8Br2FNO. The van der Waals surface area contributed by atoms with Crippen LogP contribution < -0.4 is 5.32 Å². The van der Waals surface area contributed by atoms with Gasteiger partial charge in [-0.3, -0.25) is 4.79 Å². The smallest absolute Gasteiger partial charge is 0.255 e. The third kappa shape index (κ3) is 3.40. The van der Waals surface area contributed by atoms with Crippen molar-refractivity contribution in [1.82, 2.24) is 0 Å². The molecule has 2 aromatic carbocycles. The second-order valence-corrected chi connectivity index (χ2v) is 5.45. The number of rotatable bonds is 2. The van der Waals surface area contributed by atoms with E-state index in [0.717, 1.165) is 8.95 Å². The van der Waals surface area contributed by atoms with Gasteiger partial charge >= 0.3 is 0 Å². The van der Waals surface area contributed by atoms with E-state index < -0.39 is 0 Å². The van der Waals surface area contributed by atoms with Crippen molar-refractivity contribution in [2.24, 2.45) is 0 Å². The molecule has 0 aliphatic rings. The van der Waals surface area contributed by atoms with Crippen LogP contribution in [0.3, 0.4) is 0 Å². The highest BCUT2D eigenvalue weighted by molar-refractivity contribution is 9.11. The Balaban J connectivity index is 2.22. The molecule has 1 amide bonds. The minimum Gasteiger partial charge on any atom is -0.322 e. The van der Waals surface area contributed by atoms with E-state index in [2.05, 4.69) is 37.2 Å². The van der Waals surface area contributed by atoms with Gasteiger partial charge in [0.15, 0.2) is 0 Å². The maximum atomic E-state index is 13.0. The van der Waals surface area contributed by atoms with Gasteiger partial charge in [-0.2, -0.15) is 0 Å². The Kier molecular flexibility index (Phi) is 4.14. The van der Waals surface area contributed by atoms with Crippen molar-refractivity contribution < 1.29 is 9.18 Å². The third-order valence-corrected chi connectivity index (χ3v) is 3.12. The highest BCUT2D eigenvalue weighted by atomic mass is 79.9. The minimum atomic E-state index is -0.386. The molecule has 0 radical (unpaired) electrons. The SMILES string of the molecule is O=C(Nc1cccc(F)c1)c1cc(Br)cc(Br)c1. The molecule has 0 heterocycles. The highest BCUT2D eigenvalue weighted by Crippen LogP contribution is 2.21. The first kappa shape index (κ1) is 13.2. The van der Waals surface area contributed by atoms with Crippen LogP contribution in [0.4, 0.5) is 10.1 Å². The van der Waals surface area contributed by atoms with E-state index >= 15 is 0 Å². The first-order valence-corrected chi connectivity index (χ1v) is 6.66. The zero-order valence-corrected chi connectivity index (χ0v) is 12.3. The molecule has 5 heteroatoms. The lowest BCUT2D eigenvalue weighted by molar-refractivity contribution is 0.102. The van der Waals surface area contributed by atoms with Crippen molar-refractivity contribution in [2.45, 2.75) is 0 Å². The van der Waals surface area contributed by atoms with E-state index in [9.17, 15) is 9.18 Å². The summed E-state index contributed by atoms with van der Waals surface area (Å²) in [4.78, 5) is 12.0. The van der Waals surface area contributed by atoms with Gasteiger partial charge in [-0.1, -0.05) is 37.9 Å². The molecule has 2 aromatic rings. The van der Waals surface area contributed by atoms with Crippen LogP contribution in [0, 0.1) is 5.82 Å². The van der Waals surface area contributed by atoms with Gasteiger partial charge in [-0.05, 0) is 36.4 Å². The van der Waals surface area contributed by atoms with Crippen molar-refractivity contribution in [3.63, 3.8) is 0 Å². The summed E-state index contributed by atoms with van der Waals surface area (Å²) in [6.45, 7) is 0.